The van der Waals surface area contributed by atoms with E-state index in [1.807, 2.05) is 13.8 Å². The second-order valence-electron chi connectivity index (χ2n) is 8.43. The van der Waals surface area contributed by atoms with Crippen LogP contribution in [-0.4, -0.2) is 34.2 Å². The molecule has 172 valence electrons. The Morgan fingerprint density at radius 3 is 2.38 bits per heavy atom. The monoisotopic (exact) mass is 477 g/mol. The van der Waals surface area contributed by atoms with Gasteiger partial charge in [-0.1, -0.05) is 38.3 Å². The minimum absolute atomic E-state index is 0.0659. The van der Waals surface area contributed by atoms with E-state index in [1.54, 1.807) is 24.3 Å². The first-order chi connectivity index (χ1) is 15.2. The zero-order chi connectivity index (χ0) is 23.4. The summed E-state index contributed by atoms with van der Waals surface area (Å²) in [7, 11) is 0. The van der Waals surface area contributed by atoms with Crippen LogP contribution in [0.15, 0.2) is 24.3 Å². The number of carbonyl (C=O) groups is 3. The normalized spacial score (nSPS) is 15.0. The SMILES string of the molecule is CC(C)C[C@H](C(=O)NC1CCCC1)N(C(=O)c1snc(C(N)=O)c1N)c1ccc(Cl)cc1. The lowest BCUT2D eigenvalue weighted by Crippen LogP contribution is -2.52. The topological polar surface area (TPSA) is 131 Å². The van der Waals surface area contributed by atoms with Gasteiger partial charge in [0, 0.05) is 16.8 Å². The number of anilines is 2. The van der Waals surface area contributed by atoms with Crippen molar-refractivity contribution >= 4 is 52.2 Å². The number of nitrogens with one attached hydrogen (secondary N) is 1. The van der Waals surface area contributed by atoms with Crippen molar-refractivity contribution in [1.82, 2.24) is 9.69 Å². The summed E-state index contributed by atoms with van der Waals surface area (Å²) in [6.45, 7) is 3.99. The van der Waals surface area contributed by atoms with Gasteiger partial charge in [-0.15, -0.1) is 0 Å². The maximum Gasteiger partial charge on any atom is 0.272 e. The van der Waals surface area contributed by atoms with Gasteiger partial charge in [-0.3, -0.25) is 19.3 Å². The van der Waals surface area contributed by atoms with Gasteiger partial charge in [0.15, 0.2) is 5.69 Å². The Labute approximate surface area is 196 Å². The quantitative estimate of drug-likeness (QED) is 0.534. The van der Waals surface area contributed by atoms with Crippen LogP contribution in [0.25, 0.3) is 0 Å². The van der Waals surface area contributed by atoms with Gasteiger partial charge < -0.3 is 16.8 Å². The molecule has 0 saturated heterocycles. The van der Waals surface area contributed by atoms with Crippen molar-refractivity contribution in [3.63, 3.8) is 0 Å². The largest absolute Gasteiger partial charge is 0.395 e. The lowest BCUT2D eigenvalue weighted by Gasteiger charge is -2.33. The number of nitrogens with zero attached hydrogens (tertiary/aromatic N) is 2. The Morgan fingerprint density at radius 1 is 1.22 bits per heavy atom. The number of nitrogens with two attached hydrogens (primary N) is 2. The van der Waals surface area contributed by atoms with E-state index in [9.17, 15) is 14.4 Å². The van der Waals surface area contributed by atoms with Gasteiger partial charge in [-0.25, -0.2) is 0 Å². The standard InChI is InChI=1S/C22H28ClN5O3S/c1-12(2)11-16(21(30)26-14-5-3-4-6-14)28(15-9-7-13(23)8-10-15)22(31)19-17(24)18(20(25)29)27-32-19/h7-10,12,14,16H,3-6,11,24H2,1-2H3,(H2,25,29)(H,26,30)/t16-/m1/s1. The van der Waals surface area contributed by atoms with E-state index in [1.165, 1.54) is 4.90 Å². The highest BCUT2D eigenvalue weighted by Crippen LogP contribution is 2.30. The molecule has 0 aliphatic heterocycles. The first kappa shape index (κ1) is 24.0. The molecule has 1 aliphatic rings. The van der Waals surface area contributed by atoms with Gasteiger partial charge in [0.1, 0.15) is 10.9 Å². The fourth-order valence-corrected chi connectivity index (χ4v) is 4.79. The third-order valence-corrected chi connectivity index (χ3v) is 6.59. The average molecular weight is 478 g/mol. The van der Waals surface area contributed by atoms with Crippen LogP contribution in [0.5, 0.6) is 0 Å². The van der Waals surface area contributed by atoms with Crippen LogP contribution in [0.3, 0.4) is 0 Å². The molecule has 10 heteroatoms. The third-order valence-electron chi connectivity index (χ3n) is 5.49. The van der Waals surface area contributed by atoms with Gasteiger partial charge in [0.25, 0.3) is 11.8 Å². The van der Waals surface area contributed by atoms with Crippen LogP contribution in [0, 0.1) is 5.92 Å². The maximum atomic E-state index is 13.7. The Kier molecular flexibility index (Phi) is 7.73. The number of nitrogen functional groups attached to an aromatic ring is 1. The first-order valence-corrected chi connectivity index (χ1v) is 11.8. The average Bonchev–Trinajstić information content (AvgIpc) is 3.37. The molecule has 2 aromatic rings. The Bertz CT molecular complexity index is 986. The van der Waals surface area contributed by atoms with E-state index in [2.05, 4.69) is 9.69 Å². The van der Waals surface area contributed by atoms with Crippen molar-refractivity contribution in [1.29, 1.82) is 0 Å². The van der Waals surface area contributed by atoms with Crippen LogP contribution in [0.4, 0.5) is 11.4 Å². The predicted octanol–water partition coefficient (Wildman–Crippen LogP) is 3.60. The maximum absolute atomic E-state index is 13.7. The molecule has 3 rings (SSSR count). The van der Waals surface area contributed by atoms with Crippen LogP contribution in [-0.2, 0) is 4.79 Å². The number of hydrogen-bond donors (Lipinski definition) is 3. The molecule has 1 saturated carbocycles. The molecule has 0 spiro atoms. The number of primary amides is 1. The molecule has 32 heavy (non-hydrogen) atoms. The van der Waals surface area contributed by atoms with E-state index >= 15 is 0 Å². The highest BCUT2D eigenvalue weighted by atomic mass is 35.5. The van der Waals surface area contributed by atoms with Gasteiger partial charge in [0.05, 0.1) is 5.69 Å². The zero-order valence-electron chi connectivity index (χ0n) is 18.1. The number of halogens is 1. The minimum atomic E-state index is -0.812. The number of amides is 3. The molecule has 1 aliphatic carbocycles. The fourth-order valence-electron chi connectivity index (χ4n) is 3.92. The minimum Gasteiger partial charge on any atom is -0.395 e. The van der Waals surface area contributed by atoms with Crippen molar-refractivity contribution in [3.8, 4) is 0 Å². The number of hydrogen-bond acceptors (Lipinski definition) is 6. The summed E-state index contributed by atoms with van der Waals surface area (Å²) in [4.78, 5) is 40.2. The fraction of sp³-hybridized carbons (Fsp3) is 0.455. The van der Waals surface area contributed by atoms with E-state index in [0.29, 0.717) is 17.1 Å². The lowest BCUT2D eigenvalue weighted by molar-refractivity contribution is -0.123. The number of carbonyl (C=O) groups excluding carboxylic acids is 3. The Morgan fingerprint density at radius 2 is 1.84 bits per heavy atom. The number of aromatic nitrogens is 1. The van der Waals surface area contributed by atoms with Gasteiger partial charge in [0.2, 0.25) is 5.91 Å². The number of benzene rings is 1. The van der Waals surface area contributed by atoms with Crippen molar-refractivity contribution in [3.05, 3.63) is 39.9 Å². The first-order valence-electron chi connectivity index (χ1n) is 10.6. The molecular formula is C22H28ClN5O3S. The summed E-state index contributed by atoms with van der Waals surface area (Å²) in [5, 5.41) is 3.62. The summed E-state index contributed by atoms with van der Waals surface area (Å²) in [6.07, 6.45) is 4.45. The molecule has 8 nitrogen and oxygen atoms in total. The highest BCUT2D eigenvalue weighted by molar-refractivity contribution is 7.09. The van der Waals surface area contributed by atoms with Gasteiger partial charge >= 0.3 is 0 Å². The van der Waals surface area contributed by atoms with Crippen LogP contribution < -0.4 is 21.7 Å². The second kappa shape index (κ2) is 10.3. The van der Waals surface area contributed by atoms with Crippen LogP contribution >= 0.6 is 23.1 Å². The molecule has 0 unspecified atom stereocenters. The molecule has 0 bridgehead atoms. The summed E-state index contributed by atoms with van der Waals surface area (Å²) in [6, 6.07) is 6.01. The highest BCUT2D eigenvalue weighted by Gasteiger charge is 2.36. The molecule has 1 heterocycles. The van der Waals surface area contributed by atoms with E-state index < -0.39 is 17.9 Å². The smallest absolute Gasteiger partial charge is 0.272 e. The van der Waals surface area contributed by atoms with Crippen molar-refractivity contribution in [2.75, 3.05) is 10.6 Å². The van der Waals surface area contributed by atoms with Gasteiger partial charge in [-0.05, 0) is 61.0 Å². The molecule has 5 N–H and O–H groups in total. The van der Waals surface area contributed by atoms with E-state index in [4.69, 9.17) is 23.1 Å². The van der Waals surface area contributed by atoms with E-state index in [-0.39, 0.29) is 34.1 Å². The Balaban J connectivity index is 2.04. The summed E-state index contributed by atoms with van der Waals surface area (Å²) in [5.74, 6) is -1.40. The molecule has 1 atom stereocenters. The zero-order valence-corrected chi connectivity index (χ0v) is 19.7. The summed E-state index contributed by atoms with van der Waals surface area (Å²) in [5.41, 5.74) is 11.6. The van der Waals surface area contributed by atoms with Crippen molar-refractivity contribution in [2.24, 2.45) is 11.7 Å². The second-order valence-corrected chi connectivity index (χ2v) is 9.63. The molecule has 1 aromatic heterocycles. The van der Waals surface area contributed by atoms with Crippen molar-refractivity contribution < 1.29 is 14.4 Å². The molecular weight excluding hydrogens is 450 g/mol. The Hall–Kier alpha value is -2.65. The molecule has 0 radical (unpaired) electrons. The van der Waals surface area contributed by atoms with Crippen molar-refractivity contribution in [2.45, 2.75) is 58.0 Å². The molecule has 1 fully saturated rings. The van der Waals surface area contributed by atoms with Gasteiger partial charge in [-0.2, -0.15) is 4.37 Å². The summed E-state index contributed by atoms with van der Waals surface area (Å²) >= 11 is 6.85. The number of rotatable bonds is 8. The molecule has 3 amide bonds. The third kappa shape index (κ3) is 5.39. The predicted molar refractivity (Wildman–Crippen MR) is 127 cm³/mol. The summed E-state index contributed by atoms with van der Waals surface area (Å²) < 4.78 is 3.95. The van der Waals surface area contributed by atoms with E-state index in [0.717, 1.165) is 37.2 Å². The molecule has 1 aromatic carbocycles. The van der Waals surface area contributed by atoms with Crippen LogP contribution in [0.1, 0.15) is 66.1 Å². The van der Waals surface area contributed by atoms with Crippen LogP contribution in [0.2, 0.25) is 5.02 Å². The lowest BCUT2D eigenvalue weighted by atomic mass is 9.99.